The van der Waals surface area contributed by atoms with Crippen molar-refractivity contribution >= 4 is 6.71 Å². The lowest BCUT2D eigenvalue weighted by Gasteiger charge is -2.70. The van der Waals surface area contributed by atoms with Gasteiger partial charge in [-0.25, -0.2) is 0 Å². The van der Waals surface area contributed by atoms with Gasteiger partial charge in [0.1, 0.15) is 0 Å². The number of hydrogen-bond donors (Lipinski definition) is 0. The average Bonchev–Trinajstić information content (AvgIpc) is 0.695. The van der Waals surface area contributed by atoms with Gasteiger partial charge < -0.3 is 0 Å². The predicted molar refractivity (Wildman–Crippen MR) is 524 cm³/mol. The van der Waals surface area contributed by atoms with Crippen molar-refractivity contribution in [3.05, 3.63) is 0 Å². The molecule has 33 atom stereocenters. The van der Waals surface area contributed by atoms with E-state index in [2.05, 4.69) is 14.7 Å². The summed E-state index contributed by atoms with van der Waals surface area (Å²) in [7, 11) is 0. The van der Waals surface area contributed by atoms with E-state index in [4.69, 9.17) is 0 Å². The zero-order chi connectivity index (χ0) is 82.2. The molecule has 2 aliphatic heterocycles. The Morgan fingerprint density at radius 2 is 0.440 bits per heavy atom. The molecule has 2 saturated heterocycles. The van der Waals surface area contributed by atoms with Crippen molar-refractivity contribution < 1.29 is 0 Å². The van der Waals surface area contributed by atoms with Crippen LogP contribution in [0.15, 0.2) is 0 Å². The Hall–Kier alpha value is -0.0551. The van der Waals surface area contributed by atoms with Gasteiger partial charge in [0.05, 0.1) is 0 Å². The number of fused-ring (bicyclic) bond motifs is 8. The van der Waals surface area contributed by atoms with Gasteiger partial charge in [-0.05, 0) is 417 Å². The molecule has 0 amide bonds. The standard InChI is InChI=1S/C121H198BN3/c1-7-27-79(28-8-1)81-55-61-91(62-56-81)123(92-63-57-82(58-64-92)80-29-9-2-10-30-80)75-78-71-115-121-116(72-78)125(77-110-95(85-35-15-5-16-36-85)45-24-46-96(110)86-37-17-6-18-38-86)114-70-60-90(98-66-68-108-104-50-22-42-88-40-20-48-102(118(88)104)106-54-26-52-100(98)120(106)108)74-112(114)122(121)111-73-89(97-65-67-107-103-49-21-41-87-39-19-47-101(117(87)103)105-53-25-51-99(97)119(105)107)59-69-113(111)124(115)76-109-93(83-31-11-3-12-32-83)43-23-44-94(109)84-33-13-4-14-34-84/h78-121H,1-77H2/t78?,81?,82?,87-,88?,89+,90?,91?,92?,93?,94?,95+,96?,97-,98?,99?,100?,101+,102?,103-,104?,105?,106+,107?,108?,109?,110?,111?,112?,113?,114+,115?,116?,117?,118?,119-,120?,121?/m1/s1. The first kappa shape index (κ1) is 86.5. The minimum atomic E-state index is 0.839. The topological polar surface area (TPSA) is 9.72 Å². The Labute approximate surface area is 771 Å². The molecule has 0 spiro atoms. The fourth-order valence-electron chi connectivity index (χ4n) is 47.7. The van der Waals surface area contributed by atoms with Crippen LogP contribution in [0.3, 0.4) is 0 Å². The summed E-state index contributed by atoms with van der Waals surface area (Å²) in [6.07, 6.45) is 119. The molecule has 0 aromatic carbocycles. The molecule has 4 heteroatoms. The largest absolute Gasteiger partial charge is 0.298 e. The van der Waals surface area contributed by atoms with Gasteiger partial charge in [0, 0.05) is 55.9 Å². The van der Waals surface area contributed by atoms with Gasteiger partial charge in [0.2, 0.25) is 0 Å². The second-order valence-electron chi connectivity index (χ2n) is 55.2. The molecule has 3 nitrogen and oxygen atoms in total. The van der Waals surface area contributed by atoms with Gasteiger partial charge in [-0.3, -0.25) is 14.7 Å². The van der Waals surface area contributed by atoms with Crippen LogP contribution < -0.4 is 0 Å². The highest BCUT2D eigenvalue weighted by Crippen LogP contribution is 2.73. The van der Waals surface area contributed by atoms with E-state index in [1.54, 1.807) is 475 Å². The van der Waals surface area contributed by atoms with Gasteiger partial charge in [-0.2, -0.15) is 0 Å². The van der Waals surface area contributed by atoms with Crippen LogP contribution in [0.2, 0.25) is 17.5 Å². The number of rotatable bonds is 16. The Balaban J connectivity index is 0.630. The molecular weight excluding hydrogens is 1510 g/mol. The summed E-state index contributed by atoms with van der Waals surface area (Å²) in [5.41, 5.74) is 0. The van der Waals surface area contributed by atoms with E-state index in [0.29, 0.717) is 0 Å². The lowest BCUT2D eigenvalue weighted by molar-refractivity contribution is -0.158. The summed E-state index contributed by atoms with van der Waals surface area (Å²) in [5, 5.41) is 0. The van der Waals surface area contributed by atoms with Crippen molar-refractivity contribution in [3.63, 3.8) is 0 Å². The highest BCUT2D eigenvalue weighted by Gasteiger charge is 2.69. The Morgan fingerprint density at radius 1 is 0.184 bits per heavy atom. The smallest absolute Gasteiger partial charge is 0.156 e. The zero-order valence-corrected chi connectivity index (χ0v) is 81.8. The minimum Gasteiger partial charge on any atom is -0.298 e. The summed E-state index contributed by atoms with van der Waals surface area (Å²) in [5.74, 6) is 40.2. The summed E-state index contributed by atoms with van der Waals surface area (Å²) >= 11 is 0. The summed E-state index contributed by atoms with van der Waals surface area (Å²) in [6, 6.07) is 5.16. The molecule has 0 bridgehead atoms. The molecule has 25 rings (SSSR count). The first-order valence-corrected chi connectivity index (χ1v) is 61.3. The molecule has 0 aromatic rings. The van der Waals surface area contributed by atoms with E-state index in [9.17, 15) is 0 Å². The van der Waals surface area contributed by atoms with Gasteiger partial charge >= 0.3 is 0 Å². The third-order valence-electron chi connectivity index (χ3n) is 51.5. The number of nitrogens with zero attached hydrogens (tertiary/aromatic N) is 3. The molecule has 2 heterocycles. The molecule has 125 heavy (non-hydrogen) atoms. The third kappa shape index (κ3) is 16.3. The number of hydrogen-bond acceptors (Lipinski definition) is 3. The molecule has 25 aliphatic rings. The second kappa shape index (κ2) is 38.4. The minimum absolute atomic E-state index is 0.839. The molecule has 0 N–H and O–H groups in total. The molecule has 24 unspecified atom stereocenters. The SMILES string of the molecule is C1CCC(C2CCC(N(CC3CC4C5B(C6C[C@@H]([C@H]7CCC8[C@H]9CCC[C@H]%10CCC[C@H](C%109)C9CCCC7[C@H]98)CCC6N4CC4C(C6CCCCC6)CCCC4C4CCCCC4)C4CC(C6CCC7C8CCCC9CCCC(C98)[C@@H]8CCCC6C78)CC[C@@H]4N(CC4C(C6CCCCC6)CCC[C@H]4C4CCCCC4)C5C3)C3CCC(C4CCCCC4)CC3)CC2)CC1. The molecule has 0 radical (unpaired) electrons. The normalized spacial score (nSPS) is 51.3. The fourth-order valence-corrected chi connectivity index (χ4v) is 47.7. The molecule has 23 aliphatic carbocycles. The first-order chi connectivity index (χ1) is 62.0. The summed E-state index contributed by atoms with van der Waals surface area (Å²) in [6.45, 7) is 5.71. The average molecular weight is 1710 g/mol. The van der Waals surface area contributed by atoms with E-state index in [-0.39, 0.29) is 0 Å². The first-order valence-electron chi connectivity index (χ1n) is 61.3. The zero-order valence-electron chi connectivity index (χ0n) is 81.8. The van der Waals surface area contributed by atoms with Gasteiger partial charge in [-0.15, -0.1) is 0 Å². The van der Waals surface area contributed by atoms with Crippen LogP contribution in [0, 0.1) is 207 Å². The molecule has 0 aromatic heterocycles. The van der Waals surface area contributed by atoms with Crippen molar-refractivity contribution in [2.24, 2.45) is 207 Å². The second-order valence-corrected chi connectivity index (χ2v) is 55.2. The van der Waals surface area contributed by atoms with Crippen molar-refractivity contribution in [1.82, 2.24) is 14.7 Å². The monoisotopic (exact) mass is 1700 g/mol. The van der Waals surface area contributed by atoms with Crippen LogP contribution in [-0.4, -0.2) is 77.3 Å². The highest BCUT2D eigenvalue weighted by atomic mass is 15.3. The molecule has 23 saturated carbocycles. The lowest BCUT2D eigenvalue weighted by atomic mass is 9.18. The third-order valence-corrected chi connectivity index (χ3v) is 51.5. The van der Waals surface area contributed by atoms with Crippen LogP contribution in [0.1, 0.15) is 475 Å². The lowest BCUT2D eigenvalue weighted by Crippen LogP contribution is -2.74. The maximum atomic E-state index is 3.94. The van der Waals surface area contributed by atoms with E-state index in [1.807, 2.05) is 0 Å². The maximum absolute atomic E-state index is 3.94. The van der Waals surface area contributed by atoms with Crippen LogP contribution in [0.5, 0.6) is 0 Å². The van der Waals surface area contributed by atoms with E-state index < -0.39 is 0 Å². The highest BCUT2D eigenvalue weighted by molar-refractivity contribution is 6.65. The molecular formula is C121H198BN3. The van der Waals surface area contributed by atoms with Crippen LogP contribution in [0.25, 0.3) is 0 Å². The van der Waals surface area contributed by atoms with E-state index in [0.717, 1.165) is 268 Å². The molecule has 700 valence electrons. The molecule has 25 fully saturated rings. The Morgan fingerprint density at radius 3 is 0.776 bits per heavy atom. The van der Waals surface area contributed by atoms with Crippen LogP contribution >= 0.6 is 0 Å². The van der Waals surface area contributed by atoms with Crippen molar-refractivity contribution in [2.45, 2.75) is 529 Å². The summed E-state index contributed by atoms with van der Waals surface area (Å²) < 4.78 is 0. The quantitative estimate of drug-likeness (QED) is 0.143. The van der Waals surface area contributed by atoms with Gasteiger partial charge in [0.25, 0.3) is 0 Å². The fraction of sp³-hybridized carbons (Fsp3) is 1.00. The summed E-state index contributed by atoms with van der Waals surface area (Å²) in [4.78, 5) is 11.5. The Bertz CT molecular complexity index is 3110. The predicted octanol–water partition coefficient (Wildman–Crippen LogP) is 32.5. The van der Waals surface area contributed by atoms with E-state index in [1.165, 1.54) is 19.4 Å². The van der Waals surface area contributed by atoms with E-state index >= 15 is 0 Å². The van der Waals surface area contributed by atoms with Gasteiger partial charge in [-0.1, -0.05) is 283 Å². The maximum Gasteiger partial charge on any atom is 0.156 e. The van der Waals surface area contributed by atoms with Crippen LogP contribution in [-0.2, 0) is 0 Å². The Kier molecular flexibility index (Phi) is 26.6. The van der Waals surface area contributed by atoms with Gasteiger partial charge in [0.15, 0.2) is 6.71 Å². The van der Waals surface area contributed by atoms with Crippen LogP contribution in [0.4, 0.5) is 0 Å². The van der Waals surface area contributed by atoms with Crippen molar-refractivity contribution in [2.75, 3.05) is 19.6 Å². The van der Waals surface area contributed by atoms with Crippen molar-refractivity contribution in [3.8, 4) is 0 Å². The van der Waals surface area contributed by atoms with Crippen molar-refractivity contribution in [1.29, 1.82) is 0 Å².